The number of carbonyl (C=O) groups excluding carboxylic acids is 2. The van der Waals surface area contributed by atoms with E-state index in [9.17, 15) is 14.7 Å². The molecule has 1 unspecified atom stereocenters. The first-order valence-electron chi connectivity index (χ1n) is 10.0. The maximum absolute atomic E-state index is 13.4. The van der Waals surface area contributed by atoms with Crippen LogP contribution in [0.5, 0.6) is 0 Å². The number of carbonyl (C=O) groups is 2. The van der Waals surface area contributed by atoms with Crippen molar-refractivity contribution in [1.82, 2.24) is 0 Å². The first-order valence-corrected chi connectivity index (χ1v) is 10.8. The van der Waals surface area contributed by atoms with Gasteiger partial charge in [0.25, 0.3) is 5.91 Å². The zero-order chi connectivity index (χ0) is 22.2. The predicted molar refractivity (Wildman–Crippen MR) is 123 cm³/mol. The molecule has 1 N–H and O–H groups in total. The van der Waals surface area contributed by atoms with Crippen molar-refractivity contribution >= 4 is 40.6 Å². The van der Waals surface area contributed by atoms with Crippen LogP contribution in [0.25, 0.3) is 0 Å². The van der Waals surface area contributed by atoms with E-state index in [1.165, 1.54) is 4.90 Å². The van der Waals surface area contributed by atoms with Crippen LogP contribution < -0.4 is 4.90 Å². The number of Topliss-reactive ketones (excluding diaryl/α,β-unsaturated/α-hetero) is 1. The molecule has 1 aliphatic rings. The van der Waals surface area contributed by atoms with Crippen molar-refractivity contribution in [3.8, 4) is 0 Å². The van der Waals surface area contributed by atoms with Crippen molar-refractivity contribution in [2.45, 2.75) is 31.9 Å². The summed E-state index contributed by atoms with van der Waals surface area (Å²) < 4.78 is 0. The van der Waals surface area contributed by atoms with E-state index in [0.29, 0.717) is 26.9 Å². The molecule has 3 aromatic rings. The molecule has 0 fully saturated rings. The largest absolute Gasteiger partial charge is 0.375 e. The molecular weight excluding hydrogens is 433 g/mol. The molecule has 0 bridgehead atoms. The number of hydrogen-bond donors (Lipinski definition) is 1. The third kappa shape index (κ3) is 3.99. The minimum absolute atomic E-state index is 0.203. The lowest BCUT2D eigenvalue weighted by atomic mass is 9.88. The quantitative estimate of drug-likeness (QED) is 0.496. The SMILES string of the molecule is CCc1ccc(C(=O)CC2(O)C(=O)N(Cc3ccc(Cl)c(Cl)c3)c3ccccc32)cc1. The Bertz CT molecular complexity index is 1160. The van der Waals surface area contributed by atoms with E-state index in [2.05, 4.69) is 0 Å². The van der Waals surface area contributed by atoms with Crippen LogP contribution in [0, 0.1) is 0 Å². The maximum atomic E-state index is 13.4. The highest BCUT2D eigenvalue weighted by Gasteiger charge is 2.50. The number of benzene rings is 3. The third-order valence-corrected chi connectivity index (χ3v) is 6.40. The molecule has 0 radical (unpaired) electrons. The van der Waals surface area contributed by atoms with Crippen molar-refractivity contribution in [2.75, 3.05) is 4.90 Å². The number of anilines is 1. The van der Waals surface area contributed by atoms with Crippen LogP contribution in [0.4, 0.5) is 5.69 Å². The van der Waals surface area contributed by atoms with Crippen molar-refractivity contribution in [1.29, 1.82) is 0 Å². The molecule has 0 saturated carbocycles. The normalized spacial score (nSPS) is 17.7. The van der Waals surface area contributed by atoms with Gasteiger partial charge in [-0.1, -0.05) is 78.7 Å². The second-order valence-corrected chi connectivity index (χ2v) is 8.48. The van der Waals surface area contributed by atoms with E-state index in [4.69, 9.17) is 23.2 Å². The number of nitrogens with zero attached hydrogens (tertiary/aromatic N) is 1. The number of fused-ring (bicyclic) bond motifs is 1. The monoisotopic (exact) mass is 453 g/mol. The first-order chi connectivity index (χ1) is 14.8. The fourth-order valence-corrected chi connectivity index (χ4v) is 4.24. The van der Waals surface area contributed by atoms with Crippen molar-refractivity contribution in [2.24, 2.45) is 0 Å². The molecule has 0 aromatic heterocycles. The topological polar surface area (TPSA) is 57.6 Å². The molecule has 1 heterocycles. The third-order valence-electron chi connectivity index (χ3n) is 5.66. The van der Waals surface area contributed by atoms with Gasteiger partial charge in [-0.3, -0.25) is 9.59 Å². The van der Waals surface area contributed by atoms with Crippen molar-refractivity contribution in [3.05, 3.63) is 99.0 Å². The van der Waals surface area contributed by atoms with Crippen LogP contribution in [0.15, 0.2) is 66.7 Å². The molecule has 31 heavy (non-hydrogen) atoms. The minimum Gasteiger partial charge on any atom is -0.375 e. The van der Waals surface area contributed by atoms with E-state index in [1.807, 2.05) is 19.1 Å². The zero-order valence-electron chi connectivity index (χ0n) is 16.9. The fraction of sp³-hybridized carbons (Fsp3) is 0.200. The summed E-state index contributed by atoms with van der Waals surface area (Å²) in [6, 6.07) is 19.4. The molecule has 1 amide bonds. The molecule has 6 heteroatoms. The lowest BCUT2D eigenvalue weighted by Crippen LogP contribution is -2.41. The summed E-state index contributed by atoms with van der Waals surface area (Å²) in [5.41, 5.74) is 1.44. The van der Waals surface area contributed by atoms with Gasteiger partial charge in [0.2, 0.25) is 0 Å². The van der Waals surface area contributed by atoms with Crippen LogP contribution in [0.1, 0.15) is 40.4 Å². The Labute approximate surface area is 191 Å². The molecule has 4 nitrogen and oxygen atoms in total. The lowest BCUT2D eigenvalue weighted by Gasteiger charge is -2.23. The highest BCUT2D eigenvalue weighted by atomic mass is 35.5. The van der Waals surface area contributed by atoms with E-state index in [1.54, 1.807) is 54.6 Å². The first kappa shape index (κ1) is 21.6. The summed E-state index contributed by atoms with van der Waals surface area (Å²) >= 11 is 12.1. The van der Waals surface area contributed by atoms with Gasteiger partial charge in [-0.25, -0.2) is 0 Å². The maximum Gasteiger partial charge on any atom is 0.264 e. The Hall–Kier alpha value is -2.66. The predicted octanol–water partition coefficient (Wildman–Crippen LogP) is 5.56. The van der Waals surface area contributed by atoms with Crippen LogP contribution in [-0.4, -0.2) is 16.8 Å². The molecule has 158 valence electrons. The fourth-order valence-electron chi connectivity index (χ4n) is 3.92. The van der Waals surface area contributed by atoms with Crippen LogP contribution in [-0.2, 0) is 23.4 Å². The van der Waals surface area contributed by atoms with Crippen LogP contribution in [0.3, 0.4) is 0 Å². The van der Waals surface area contributed by atoms with Gasteiger partial charge in [-0.2, -0.15) is 0 Å². The van der Waals surface area contributed by atoms with Crippen molar-refractivity contribution < 1.29 is 14.7 Å². The molecule has 0 spiro atoms. The molecule has 0 saturated heterocycles. The average molecular weight is 454 g/mol. The molecular formula is C25H21Cl2NO3. The summed E-state index contributed by atoms with van der Waals surface area (Å²) in [6.07, 6.45) is 0.542. The van der Waals surface area contributed by atoms with Gasteiger partial charge in [-0.05, 0) is 35.7 Å². The van der Waals surface area contributed by atoms with Gasteiger partial charge >= 0.3 is 0 Å². The van der Waals surface area contributed by atoms with Gasteiger partial charge in [0.1, 0.15) is 0 Å². The van der Waals surface area contributed by atoms with Gasteiger partial charge in [0, 0.05) is 11.1 Å². The standard InChI is InChI=1S/C25H21Cl2NO3/c1-2-16-7-10-18(11-8-16)23(29)14-25(31)19-5-3-4-6-22(19)28(24(25)30)15-17-9-12-20(26)21(27)13-17/h3-13,31H,2,14-15H2,1H3. The van der Waals surface area contributed by atoms with Gasteiger partial charge in [0.05, 0.1) is 28.7 Å². The highest BCUT2D eigenvalue weighted by Crippen LogP contribution is 2.43. The number of aryl methyl sites for hydroxylation is 1. The van der Waals surface area contributed by atoms with Crippen LogP contribution in [0.2, 0.25) is 10.0 Å². The van der Waals surface area contributed by atoms with E-state index >= 15 is 0 Å². The van der Waals surface area contributed by atoms with Gasteiger partial charge < -0.3 is 10.0 Å². The van der Waals surface area contributed by atoms with E-state index < -0.39 is 11.5 Å². The lowest BCUT2D eigenvalue weighted by molar-refractivity contribution is -0.136. The number of para-hydroxylation sites is 1. The van der Waals surface area contributed by atoms with Crippen LogP contribution >= 0.6 is 23.2 Å². The van der Waals surface area contributed by atoms with Crippen molar-refractivity contribution in [3.63, 3.8) is 0 Å². The molecule has 1 atom stereocenters. The molecule has 0 aliphatic carbocycles. The smallest absolute Gasteiger partial charge is 0.264 e. The number of aliphatic hydroxyl groups is 1. The number of rotatable bonds is 6. The second-order valence-electron chi connectivity index (χ2n) is 7.67. The average Bonchev–Trinajstić information content (AvgIpc) is 2.98. The number of ketones is 1. The summed E-state index contributed by atoms with van der Waals surface area (Å²) in [6.45, 7) is 2.24. The Morgan fingerprint density at radius 2 is 1.65 bits per heavy atom. The Kier molecular flexibility index (Phi) is 5.89. The van der Waals surface area contributed by atoms with E-state index in [-0.39, 0.29) is 18.7 Å². The summed E-state index contributed by atoms with van der Waals surface area (Å²) in [5.74, 6) is -0.817. The number of amides is 1. The second kappa shape index (κ2) is 8.46. The zero-order valence-corrected chi connectivity index (χ0v) is 18.5. The van der Waals surface area contributed by atoms with Gasteiger partial charge in [-0.15, -0.1) is 0 Å². The number of halogens is 2. The Morgan fingerprint density at radius 1 is 0.968 bits per heavy atom. The van der Waals surface area contributed by atoms with E-state index in [0.717, 1.165) is 17.5 Å². The summed E-state index contributed by atoms with van der Waals surface area (Å²) in [4.78, 5) is 27.8. The highest BCUT2D eigenvalue weighted by molar-refractivity contribution is 6.42. The summed E-state index contributed by atoms with van der Waals surface area (Å²) in [7, 11) is 0. The summed E-state index contributed by atoms with van der Waals surface area (Å²) in [5, 5.41) is 12.2. The Morgan fingerprint density at radius 3 is 2.32 bits per heavy atom. The molecule has 4 rings (SSSR count). The molecule has 1 aliphatic heterocycles. The van der Waals surface area contributed by atoms with Gasteiger partial charge in [0.15, 0.2) is 11.4 Å². The Balaban J connectivity index is 1.65. The molecule has 3 aromatic carbocycles. The number of hydrogen-bond acceptors (Lipinski definition) is 3. The minimum atomic E-state index is -1.92.